The molecule has 0 aliphatic heterocycles. The molecule has 0 fully saturated rings. The number of phenols is 2. The molecule has 4 aromatic carbocycles. The fraction of sp³-hybridized carbons (Fsp3) is 0.400. The van der Waals surface area contributed by atoms with Crippen LogP contribution in [0.3, 0.4) is 0 Å². The predicted molar refractivity (Wildman–Crippen MR) is 208 cm³/mol. The molecule has 50 heavy (non-hydrogen) atoms. The Morgan fingerprint density at radius 3 is 1.28 bits per heavy atom. The van der Waals surface area contributed by atoms with Crippen molar-refractivity contribution in [2.75, 3.05) is 11.5 Å². The minimum absolute atomic E-state index is 0.189. The van der Waals surface area contributed by atoms with Gasteiger partial charge in [-0.1, -0.05) is 66.5 Å². The summed E-state index contributed by atoms with van der Waals surface area (Å²) in [7, 11) is 0. The maximum absolute atomic E-state index is 11.1. The number of fused-ring (bicyclic) bond motifs is 2. The van der Waals surface area contributed by atoms with Gasteiger partial charge in [0.15, 0.2) is 0 Å². The van der Waals surface area contributed by atoms with Crippen molar-refractivity contribution in [2.24, 2.45) is 0 Å². The molecular weight excluding hydrogens is 661 g/mol. The quantitative estimate of drug-likeness (QED) is 0.101. The van der Waals surface area contributed by atoms with Crippen LogP contribution in [0.5, 0.6) is 11.5 Å². The van der Waals surface area contributed by atoms with E-state index in [1.807, 2.05) is 73.8 Å². The first-order valence-corrected chi connectivity index (χ1v) is 19.3. The zero-order chi connectivity index (χ0) is 35.8. The second-order valence-corrected chi connectivity index (χ2v) is 17.6. The molecule has 8 nitrogen and oxygen atoms in total. The number of hydrogen-bond acceptors (Lipinski definition) is 8. The number of phenolic OH excluding ortho intramolecular Hbond substituents is 2. The first kappa shape index (κ1) is 35.8. The lowest BCUT2D eigenvalue weighted by atomic mass is 9.85. The van der Waals surface area contributed by atoms with Gasteiger partial charge in [0.1, 0.15) is 44.9 Å². The van der Waals surface area contributed by atoms with E-state index in [9.17, 15) is 10.2 Å². The van der Waals surface area contributed by atoms with E-state index >= 15 is 0 Å². The number of benzene rings is 4. The van der Waals surface area contributed by atoms with Crippen LogP contribution < -0.4 is 0 Å². The second-order valence-electron chi connectivity index (χ2n) is 15.3. The van der Waals surface area contributed by atoms with Crippen LogP contribution in [-0.4, -0.2) is 51.7 Å². The molecule has 0 bridgehead atoms. The van der Waals surface area contributed by atoms with Crippen molar-refractivity contribution in [2.45, 2.75) is 102 Å². The van der Waals surface area contributed by atoms with Crippen molar-refractivity contribution in [1.29, 1.82) is 0 Å². The van der Waals surface area contributed by atoms with Crippen LogP contribution >= 0.6 is 23.5 Å². The molecule has 262 valence electrons. The van der Waals surface area contributed by atoms with E-state index in [0.717, 1.165) is 68.7 Å². The highest BCUT2D eigenvalue weighted by atomic mass is 32.2. The molecule has 0 unspecified atom stereocenters. The van der Waals surface area contributed by atoms with Gasteiger partial charge < -0.3 is 10.2 Å². The highest BCUT2D eigenvalue weighted by Gasteiger charge is 2.24. The lowest BCUT2D eigenvalue weighted by Gasteiger charge is -2.22. The minimum Gasteiger partial charge on any atom is -0.505 e. The molecule has 0 amide bonds. The third-order valence-corrected chi connectivity index (χ3v) is 11.0. The van der Waals surface area contributed by atoms with Gasteiger partial charge in [-0.25, -0.2) is 0 Å². The molecule has 0 spiro atoms. The van der Waals surface area contributed by atoms with Gasteiger partial charge in [0.2, 0.25) is 0 Å². The molecule has 0 aliphatic carbocycles. The largest absolute Gasteiger partial charge is 0.505 e. The van der Waals surface area contributed by atoms with Crippen LogP contribution in [0, 0.1) is 13.8 Å². The number of aryl methyl sites for hydroxylation is 2. The van der Waals surface area contributed by atoms with Crippen molar-refractivity contribution in [3.05, 3.63) is 82.9 Å². The molecule has 6 aromatic rings. The van der Waals surface area contributed by atoms with Crippen molar-refractivity contribution >= 4 is 45.6 Å². The summed E-state index contributed by atoms with van der Waals surface area (Å²) in [6.45, 7) is 16.7. The lowest BCUT2D eigenvalue weighted by Crippen LogP contribution is -2.13. The van der Waals surface area contributed by atoms with Crippen molar-refractivity contribution in [3.63, 3.8) is 0 Å². The average Bonchev–Trinajstić information content (AvgIpc) is 3.67. The van der Waals surface area contributed by atoms with E-state index in [1.165, 1.54) is 22.6 Å². The summed E-state index contributed by atoms with van der Waals surface area (Å²) in [4.78, 5) is 5.50. The summed E-state index contributed by atoms with van der Waals surface area (Å²) in [5, 5.41) is 40.9. The van der Waals surface area contributed by atoms with Crippen molar-refractivity contribution in [1.82, 2.24) is 30.0 Å². The SMILES string of the molecule is Cc1cc(-n2nc3ccc(SCCCCCCSc4ccc5nn(-c6cc(C)cc(C(C)(C)C)c6O)nc5c4)cc3n2)c(O)c(C(C)(C)C)c1. The molecule has 0 radical (unpaired) electrons. The molecule has 0 saturated carbocycles. The van der Waals surface area contributed by atoms with E-state index in [1.54, 1.807) is 9.59 Å². The Bertz CT molecular complexity index is 2000. The first-order chi connectivity index (χ1) is 23.7. The van der Waals surface area contributed by atoms with Gasteiger partial charge in [-0.3, -0.25) is 0 Å². The van der Waals surface area contributed by atoms with Gasteiger partial charge in [-0.05, 0) is 109 Å². The van der Waals surface area contributed by atoms with Crippen molar-refractivity contribution in [3.8, 4) is 22.9 Å². The molecule has 2 aromatic heterocycles. The molecule has 0 saturated heterocycles. The second kappa shape index (κ2) is 14.3. The summed E-state index contributed by atoms with van der Waals surface area (Å²) >= 11 is 3.71. The number of aromatic nitrogens is 6. The van der Waals surface area contributed by atoms with Crippen LogP contribution in [0.2, 0.25) is 0 Å². The van der Waals surface area contributed by atoms with Crippen LogP contribution in [0.1, 0.15) is 89.5 Å². The Balaban J connectivity index is 0.975. The third kappa shape index (κ3) is 7.97. The number of aromatic hydroxyl groups is 2. The Hall–Kier alpha value is -4.02. The standard InChI is InChI=1S/C40H48N6O2S2/c1-25-19-29(39(3,4)5)37(47)35(21-25)45-41-31-15-13-27(23-33(31)43-45)49-17-11-9-10-12-18-50-28-14-16-32-34(24-28)44-46(42-32)36-22-26(2)20-30(38(36)48)40(6,7)8/h13-16,19-24,47-48H,9-12,17-18H2,1-8H3. The van der Waals surface area contributed by atoms with Crippen LogP contribution in [0.25, 0.3) is 33.4 Å². The highest BCUT2D eigenvalue weighted by molar-refractivity contribution is 7.99. The number of hydrogen-bond donors (Lipinski definition) is 2. The number of unbranched alkanes of at least 4 members (excludes halogenated alkanes) is 3. The number of rotatable bonds is 11. The Morgan fingerprint density at radius 2 is 0.900 bits per heavy atom. The zero-order valence-corrected chi connectivity index (χ0v) is 32.0. The highest BCUT2D eigenvalue weighted by Crippen LogP contribution is 2.38. The Kier molecular flexibility index (Phi) is 10.2. The molecule has 10 heteroatoms. The molecule has 6 rings (SSSR count). The van der Waals surface area contributed by atoms with E-state index < -0.39 is 0 Å². The number of nitrogens with zero attached hydrogens (tertiary/aromatic N) is 6. The maximum atomic E-state index is 11.1. The Labute approximate surface area is 303 Å². The van der Waals surface area contributed by atoms with E-state index in [2.05, 4.69) is 76.0 Å². The van der Waals surface area contributed by atoms with Crippen LogP contribution in [-0.2, 0) is 10.8 Å². The normalized spacial score (nSPS) is 12.4. The third-order valence-electron chi connectivity index (χ3n) is 8.79. The molecular formula is C40H48N6O2S2. The van der Waals surface area contributed by atoms with Crippen molar-refractivity contribution < 1.29 is 10.2 Å². The van der Waals surface area contributed by atoms with Gasteiger partial charge in [0.05, 0.1) is 0 Å². The summed E-state index contributed by atoms with van der Waals surface area (Å²) in [6.07, 6.45) is 4.70. The summed E-state index contributed by atoms with van der Waals surface area (Å²) in [6, 6.07) is 20.4. The predicted octanol–water partition coefficient (Wildman–Crippen LogP) is 10.2. The summed E-state index contributed by atoms with van der Waals surface area (Å²) in [5.41, 5.74) is 8.04. The van der Waals surface area contributed by atoms with E-state index in [4.69, 9.17) is 10.2 Å². The van der Waals surface area contributed by atoms with Gasteiger partial charge >= 0.3 is 0 Å². The fourth-order valence-electron chi connectivity index (χ4n) is 6.09. The Morgan fingerprint density at radius 1 is 0.520 bits per heavy atom. The zero-order valence-electron chi connectivity index (χ0n) is 30.4. The van der Waals surface area contributed by atoms with Crippen LogP contribution in [0.15, 0.2) is 70.5 Å². The van der Waals surface area contributed by atoms with Crippen LogP contribution in [0.4, 0.5) is 0 Å². The summed E-state index contributed by atoms with van der Waals surface area (Å²) < 4.78 is 0. The summed E-state index contributed by atoms with van der Waals surface area (Å²) in [5.74, 6) is 2.58. The lowest BCUT2D eigenvalue weighted by molar-refractivity contribution is 0.439. The van der Waals surface area contributed by atoms with E-state index in [-0.39, 0.29) is 22.3 Å². The maximum Gasteiger partial charge on any atom is 0.146 e. The smallest absolute Gasteiger partial charge is 0.146 e. The number of thioether (sulfide) groups is 2. The topological polar surface area (TPSA) is 102 Å². The van der Waals surface area contributed by atoms with Gasteiger partial charge in [0.25, 0.3) is 0 Å². The minimum atomic E-state index is -0.189. The fourth-order valence-corrected chi connectivity index (χ4v) is 7.98. The molecule has 2 N–H and O–H groups in total. The van der Waals surface area contributed by atoms with Gasteiger partial charge in [-0.2, -0.15) is 0 Å². The van der Waals surface area contributed by atoms with Gasteiger partial charge in [0, 0.05) is 20.9 Å². The monoisotopic (exact) mass is 708 g/mol. The molecule has 2 heterocycles. The van der Waals surface area contributed by atoms with E-state index in [0.29, 0.717) is 11.4 Å². The first-order valence-electron chi connectivity index (χ1n) is 17.4. The molecule has 0 atom stereocenters. The molecule has 0 aliphatic rings. The van der Waals surface area contributed by atoms with Gasteiger partial charge in [-0.15, -0.1) is 53.5 Å². The average molecular weight is 709 g/mol.